The molecule has 10 aliphatic carbocycles. The third-order valence-electron chi connectivity index (χ3n) is 28.1. The highest BCUT2D eigenvalue weighted by Gasteiger charge is 2.55. The second-order valence-corrected chi connectivity index (χ2v) is 38.3. The van der Waals surface area contributed by atoms with Crippen molar-refractivity contribution in [2.75, 3.05) is 6.54 Å². The maximum Gasteiger partial charge on any atom is 0.232 e. The van der Waals surface area contributed by atoms with Crippen LogP contribution in [0.5, 0.6) is 0 Å². The first-order valence-electron chi connectivity index (χ1n) is 46.5. The lowest BCUT2D eigenvalue weighted by Gasteiger charge is -2.39. The average Bonchev–Trinajstić information content (AvgIpc) is 1.54. The van der Waals surface area contributed by atoms with Gasteiger partial charge in [-0.2, -0.15) is 20.9 Å². The van der Waals surface area contributed by atoms with E-state index < -0.39 is 41.2 Å². The van der Waals surface area contributed by atoms with E-state index in [1.807, 2.05) is 27.7 Å². The molecule has 0 radical (unpaired) electrons. The summed E-state index contributed by atoms with van der Waals surface area (Å²) in [4.78, 5) is 217. The van der Waals surface area contributed by atoms with E-state index in [0.717, 1.165) is 5.56 Å². The first-order valence-corrected chi connectivity index (χ1v) is 46.5. The lowest BCUT2D eigenvalue weighted by molar-refractivity contribution is -0.120. The van der Waals surface area contributed by atoms with Gasteiger partial charge < -0.3 is 23.7 Å². The summed E-state index contributed by atoms with van der Waals surface area (Å²) in [7, 11) is 0. The van der Waals surface area contributed by atoms with E-state index in [4.69, 9.17) is 39.5 Å². The number of aromatic nitrogens is 6. The van der Waals surface area contributed by atoms with Gasteiger partial charge in [-0.15, -0.1) is 0 Å². The number of aliphatic imine (C=N–C) groups is 1. The Morgan fingerprint density at radius 2 is 0.650 bits per heavy atom. The number of carbonyl (C=O) groups excluding carboxylic acids is 15. The number of rotatable bonds is 5. The molecule has 5 unspecified atom stereocenters. The van der Waals surface area contributed by atoms with Crippen LogP contribution in [0.3, 0.4) is 0 Å². The quantitative estimate of drug-likeness (QED) is 0.156. The number of H-pyrrole nitrogens is 1. The third-order valence-corrected chi connectivity index (χ3v) is 28.1. The number of nitrogens with one attached hydrogen (secondary N) is 1. The van der Waals surface area contributed by atoms with E-state index >= 15 is 0 Å². The van der Waals surface area contributed by atoms with E-state index in [2.05, 4.69) is 53.3 Å². The summed E-state index contributed by atoms with van der Waals surface area (Å²) < 4.78 is 29.7. The van der Waals surface area contributed by atoms with E-state index in [0.29, 0.717) is 212 Å². The minimum Gasteiger partial charge on any atom is -0.457 e. The van der Waals surface area contributed by atoms with Crippen LogP contribution in [0.25, 0.3) is 0 Å². The van der Waals surface area contributed by atoms with Crippen LogP contribution in [0, 0.1) is 44.8 Å². The number of ether oxygens (including phenoxy) is 5. The molecule has 0 fully saturated rings. The molecule has 0 bridgehead atoms. The van der Waals surface area contributed by atoms with Crippen molar-refractivity contribution >= 4 is 93.0 Å². The van der Waals surface area contributed by atoms with Gasteiger partial charge in [0.25, 0.3) is 0 Å². The smallest absolute Gasteiger partial charge is 0.232 e. The Kier molecular flexibility index (Phi) is 22.9. The summed E-state index contributed by atoms with van der Waals surface area (Å²) in [6.45, 7) is 8.17. The SMILES string of the molecule is CC1(C)CC(=O)C2=C(C1)OC1=C(C(=O)c3ccccc3C1=O)C2c1ccncc1.CC1(C)CC(=O)C2=C(C1)OC1=C(C(=O)c3ccccc3C1=O)C2c1cncnc1.N#Cc1ccc(C2C3=C(CCCC3=O)OC3=C2C(=O)C2=C(CN=C2)C3=O)cc1.N#Cc1ccc(C2C3=C(CCCC3=O)OC3=C2C(=O)c2[nH]ncc2C3=O)cc1.N#Cc1ccc(C2C3=C(CCCC3=O)OC3=C2C(=O)c2cnccc2C3=O)cc1. The fourth-order valence-electron chi connectivity index (χ4n) is 21.7. The Balaban J connectivity index is 0.000000106. The predicted molar refractivity (Wildman–Crippen MR) is 502 cm³/mol. The number of Topliss-reactive ketones (excluding diaryl/α,β-unsaturated/α-hetero) is 15. The molecule has 6 aliphatic heterocycles. The number of hydrogen-bond donors (Lipinski definition) is 1. The van der Waals surface area contributed by atoms with Crippen LogP contribution in [0.1, 0.15) is 268 Å². The van der Waals surface area contributed by atoms with Gasteiger partial charge in [0.1, 0.15) is 40.8 Å². The number of carbonyl (C=O) groups is 15. The van der Waals surface area contributed by atoms with E-state index in [9.17, 15) is 71.9 Å². The Morgan fingerprint density at radius 3 is 1.07 bits per heavy atom. The number of pyridine rings is 2. The van der Waals surface area contributed by atoms with Crippen molar-refractivity contribution in [3.8, 4) is 18.2 Å². The van der Waals surface area contributed by atoms with Crippen molar-refractivity contribution in [2.45, 2.75) is 141 Å². The van der Waals surface area contributed by atoms with Crippen molar-refractivity contribution in [3.63, 3.8) is 0 Å². The molecule has 5 atom stereocenters. The van der Waals surface area contributed by atoms with Crippen molar-refractivity contribution in [1.82, 2.24) is 30.1 Å². The topological polar surface area (TPSA) is 466 Å². The average molecular weight is 1900 g/mol. The molecule has 25 rings (SSSR count). The maximum absolute atomic E-state index is 13.4. The van der Waals surface area contributed by atoms with Crippen LogP contribution in [0.2, 0.25) is 0 Å². The van der Waals surface area contributed by atoms with Crippen molar-refractivity contribution < 1.29 is 95.6 Å². The van der Waals surface area contributed by atoms with Gasteiger partial charge >= 0.3 is 0 Å². The molecule has 0 spiro atoms. The summed E-state index contributed by atoms with van der Waals surface area (Å²) in [5.74, 6) is -4.68. The number of nitrogens with zero attached hydrogens (tertiary/aromatic N) is 9. The van der Waals surface area contributed by atoms with Crippen LogP contribution in [0.15, 0.2) is 319 Å². The predicted octanol–water partition coefficient (Wildman–Crippen LogP) is 16.3. The highest BCUT2D eigenvalue weighted by Crippen LogP contribution is 2.57. The molecule has 0 amide bonds. The minimum absolute atomic E-state index is 0.00323. The van der Waals surface area contributed by atoms with Gasteiger partial charge in [-0.3, -0.25) is 92.0 Å². The van der Waals surface area contributed by atoms with Crippen molar-refractivity contribution in [2.24, 2.45) is 15.8 Å². The zero-order valence-electron chi connectivity index (χ0n) is 77.0. The number of allylic oxidation sites excluding steroid dienone is 21. The second kappa shape index (κ2) is 35.8. The van der Waals surface area contributed by atoms with Gasteiger partial charge in [0.2, 0.25) is 34.7 Å². The summed E-state index contributed by atoms with van der Waals surface area (Å²) >= 11 is 0. The first-order chi connectivity index (χ1) is 69.0. The molecular weight excluding hydrogens is 1820 g/mol. The molecule has 30 heteroatoms. The van der Waals surface area contributed by atoms with Crippen LogP contribution in [-0.4, -0.2) is 130 Å². The van der Waals surface area contributed by atoms with E-state index in [-0.39, 0.29) is 172 Å². The molecule has 4 aromatic heterocycles. The van der Waals surface area contributed by atoms with Gasteiger partial charge in [0.05, 0.1) is 92.5 Å². The molecule has 143 heavy (non-hydrogen) atoms. The van der Waals surface area contributed by atoms with Gasteiger partial charge in [-0.05, 0) is 107 Å². The lowest BCUT2D eigenvalue weighted by atomic mass is 9.67. The minimum atomic E-state index is -0.705. The summed E-state index contributed by atoms with van der Waals surface area (Å²) in [6.07, 6.45) is 19.9. The number of benzene rings is 5. The zero-order valence-corrected chi connectivity index (χ0v) is 77.0. The number of hydrogen-bond acceptors (Lipinski definition) is 29. The number of ketones is 15. The van der Waals surface area contributed by atoms with E-state index in [1.54, 1.807) is 158 Å². The normalized spacial score (nSPS) is 22.0. The van der Waals surface area contributed by atoms with Crippen molar-refractivity contribution in [1.29, 1.82) is 15.8 Å². The molecule has 1 N–H and O–H groups in total. The summed E-state index contributed by atoms with van der Waals surface area (Å²) in [6, 6.07) is 44.9. The lowest BCUT2D eigenvalue weighted by Crippen LogP contribution is -2.37. The van der Waals surface area contributed by atoms with Gasteiger partial charge in [-0.25, -0.2) is 9.97 Å². The van der Waals surface area contributed by atoms with E-state index in [1.165, 1.54) is 37.2 Å². The highest BCUT2D eigenvalue weighted by atomic mass is 16.5. The molecule has 5 aromatic carbocycles. The molecular formula is C113H78N10O20. The fourth-order valence-corrected chi connectivity index (χ4v) is 21.7. The summed E-state index contributed by atoms with van der Waals surface area (Å²) in [5.41, 5.74) is 10.3. The molecule has 700 valence electrons. The molecule has 0 saturated carbocycles. The van der Waals surface area contributed by atoms with Gasteiger partial charge in [0, 0.05) is 204 Å². The Hall–Kier alpha value is -18.0. The first kappa shape index (κ1) is 91.4. The monoisotopic (exact) mass is 1890 g/mol. The second-order valence-electron chi connectivity index (χ2n) is 38.3. The van der Waals surface area contributed by atoms with Gasteiger partial charge in [-0.1, -0.05) is 113 Å². The van der Waals surface area contributed by atoms with Crippen LogP contribution in [0.4, 0.5) is 0 Å². The number of nitriles is 3. The van der Waals surface area contributed by atoms with Crippen LogP contribution >= 0.6 is 0 Å². The van der Waals surface area contributed by atoms with Crippen LogP contribution < -0.4 is 0 Å². The van der Waals surface area contributed by atoms with Crippen molar-refractivity contribution in [3.05, 3.63) is 403 Å². The molecule has 9 aromatic rings. The standard InChI is InChI=1S/C24H19NO4.C23H18N2O4.C23H14N2O4.C22H14N2O4.C21H13N3O4/c1-24(2)11-16(26)19-17(12-24)29-23-20(18(19)13-7-9-25-10-8-13)21(27)14-5-3-4-6-15(14)22(23)28;1-23(2)7-15(26)18-16(8-23)29-22-19(17(18)12-9-24-11-25-10-12)20(27)13-5-3-4-6-14(13)21(22)28;24-10-12-4-6-13(7-5-12)18-19-16(26)2-1-3-17(19)29-23-20(18)21(27)15-11-25-9-8-14(15)22(23)28;23-8-11-4-6-12(7-5-11)17-18-15(25)2-1-3-16(18)28-22-19(17)20(26)13-9-24-10-14(13)21(22)27;22-8-10-4-6-11(7-5-10)15-16-13(25)2-1-3-14(16)28-21-17(15)20(27)18-12(19(21)26)9-23-24-18/h3-10,18H,11-12H2,1-2H3;3-6,9-11,17H,7-8H2,1-2H3;4-9,11,18H,1-3H2;4-7,9,17H,1-3,10H2;4-7,9,15H,1-3H2,(H,23,24). The molecule has 30 nitrogen and oxygen atoms in total. The molecule has 10 heterocycles. The largest absolute Gasteiger partial charge is 0.457 e. The third kappa shape index (κ3) is 15.5. The Morgan fingerprint density at radius 1 is 0.308 bits per heavy atom. The summed E-state index contributed by atoms with van der Waals surface area (Å²) in [5, 5.41) is 33.6. The zero-order chi connectivity index (χ0) is 99.6. The Labute approximate surface area is 814 Å². The highest BCUT2D eigenvalue weighted by molar-refractivity contribution is 6.35. The van der Waals surface area contributed by atoms with Crippen LogP contribution in [-0.2, 0) is 57.2 Å². The molecule has 16 aliphatic rings. The number of aromatic amines is 1. The maximum atomic E-state index is 13.4. The fraction of sp³-hybridized carbons (Fsp3) is 0.221. The Bertz CT molecular complexity index is 7820. The number of fused-ring (bicyclic) bond motifs is 4. The molecule has 0 saturated heterocycles. The van der Waals surface area contributed by atoms with Gasteiger partial charge in [0.15, 0.2) is 80.8 Å².